The number of benzene rings is 6. The number of para-hydroxylation sites is 2. The van der Waals surface area contributed by atoms with E-state index in [1.54, 1.807) is 0 Å². The number of pyridine rings is 1. The maximum absolute atomic E-state index is 6.53. The van der Waals surface area contributed by atoms with Crippen LogP contribution in [0.15, 0.2) is 162 Å². The van der Waals surface area contributed by atoms with Crippen molar-refractivity contribution in [3.05, 3.63) is 158 Å². The molecule has 0 atom stereocenters. The molecular weight excluding hydrogens is 536 g/mol. The third kappa shape index (κ3) is 3.87. The average Bonchev–Trinajstić information content (AvgIpc) is 3.65. The number of nitrogens with zero attached hydrogens (tertiary/aromatic N) is 2. The van der Waals surface area contributed by atoms with Crippen molar-refractivity contribution < 1.29 is 4.42 Å². The molecule has 0 aliphatic rings. The van der Waals surface area contributed by atoms with Gasteiger partial charge in [-0.05, 0) is 53.6 Å². The summed E-state index contributed by atoms with van der Waals surface area (Å²) in [5.74, 6) is 0. The lowest BCUT2D eigenvalue weighted by molar-refractivity contribution is 0.671. The molecule has 0 unspecified atom stereocenters. The van der Waals surface area contributed by atoms with Crippen molar-refractivity contribution in [1.82, 2.24) is 9.55 Å². The second kappa shape index (κ2) is 9.82. The van der Waals surface area contributed by atoms with Gasteiger partial charge in [-0.2, -0.15) is 0 Å². The quantitative estimate of drug-likeness (QED) is 0.214. The lowest BCUT2D eigenvalue weighted by atomic mass is 10.00. The molecule has 3 heteroatoms. The lowest BCUT2D eigenvalue weighted by Gasteiger charge is -2.12. The fourth-order valence-corrected chi connectivity index (χ4v) is 6.51. The molecule has 0 N–H and O–H groups in total. The topological polar surface area (TPSA) is 31.0 Å². The van der Waals surface area contributed by atoms with Crippen LogP contribution in [0.1, 0.15) is 0 Å². The summed E-state index contributed by atoms with van der Waals surface area (Å²) >= 11 is 0. The molecule has 3 nitrogen and oxygen atoms in total. The predicted octanol–water partition coefficient (Wildman–Crippen LogP) is 11.1. The molecule has 0 spiro atoms. The minimum atomic E-state index is 0.906. The first-order chi connectivity index (χ1) is 21.8. The Morgan fingerprint density at radius 1 is 0.432 bits per heavy atom. The fourth-order valence-electron chi connectivity index (χ4n) is 6.51. The summed E-state index contributed by atoms with van der Waals surface area (Å²) < 4.78 is 8.88. The number of aromatic nitrogens is 2. The van der Waals surface area contributed by atoms with E-state index in [4.69, 9.17) is 9.40 Å². The second-order valence-corrected chi connectivity index (χ2v) is 11.2. The molecule has 0 amide bonds. The molecule has 3 heterocycles. The maximum atomic E-state index is 6.53. The molecule has 0 saturated carbocycles. The largest absolute Gasteiger partial charge is 0.454 e. The molecule has 0 aliphatic heterocycles. The molecular formula is C41H26N2O. The molecule has 0 bridgehead atoms. The van der Waals surface area contributed by atoms with E-state index in [1.807, 2.05) is 24.3 Å². The summed E-state index contributed by atoms with van der Waals surface area (Å²) in [7, 11) is 0. The van der Waals surface area contributed by atoms with Crippen molar-refractivity contribution in [2.24, 2.45) is 0 Å². The van der Waals surface area contributed by atoms with Crippen LogP contribution in [0.2, 0.25) is 0 Å². The first kappa shape index (κ1) is 24.6. The Bertz CT molecular complexity index is 2410. The van der Waals surface area contributed by atoms with Gasteiger partial charge in [-0.1, -0.05) is 115 Å². The third-order valence-electron chi connectivity index (χ3n) is 8.60. The Morgan fingerprint density at radius 3 is 1.73 bits per heavy atom. The van der Waals surface area contributed by atoms with Gasteiger partial charge < -0.3 is 8.98 Å². The Balaban J connectivity index is 1.24. The van der Waals surface area contributed by atoms with E-state index in [0.717, 1.165) is 72.3 Å². The smallest absolute Gasteiger partial charge is 0.160 e. The van der Waals surface area contributed by atoms with Gasteiger partial charge >= 0.3 is 0 Å². The summed E-state index contributed by atoms with van der Waals surface area (Å²) in [5, 5.41) is 4.67. The summed E-state index contributed by atoms with van der Waals surface area (Å²) in [5.41, 5.74) is 11.5. The van der Waals surface area contributed by atoms with E-state index in [0.29, 0.717) is 0 Å². The molecule has 206 valence electrons. The summed E-state index contributed by atoms with van der Waals surface area (Å²) in [6.45, 7) is 0. The highest BCUT2D eigenvalue weighted by atomic mass is 16.3. The van der Waals surface area contributed by atoms with Crippen LogP contribution >= 0.6 is 0 Å². The monoisotopic (exact) mass is 562 g/mol. The molecule has 0 radical (unpaired) electrons. The molecule has 0 fully saturated rings. The van der Waals surface area contributed by atoms with Gasteiger partial charge in [-0.3, -0.25) is 0 Å². The van der Waals surface area contributed by atoms with Gasteiger partial charge in [-0.15, -0.1) is 0 Å². The molecule has 44 heavy (non-hydrogen) atoms. The Kier molecular flexibility index (Phi) is 5.50. The highest BCUT2D eigenvalue weighted by Crippen LogP contribution is 2.40. The summed E-state index contributed by atoms with van der Waals surface area (Å²) in [6, 6.07) is 55.4. The molecule has 0 saturated heterocycles. The van der Waals surface area contributed by atoms with Crippen molar-refractivity contribution >= 4 is 43.7 Å². The van der Waals surface area contributed by atoms with E-state index in [2.05, 4.69) is 138 Å². The second-order valence-electron chi connectivity index (χ2n) is 11.2. The minimum absolute atomic E-state index is 0.906. The summed E-state index contributed by atoms with van der Waals surface area (Å²) in [6.07, 6.45) is 0. The first-order valence-electron chi connectivity index (χ1n) is 14.9. The number of fused-ring (bicyclic) bond motifs is 7. The fraction of sp³-hybridized carbons (Fsp3) is 0. The van der Waals surface area contributed by atoms with Gasteiger partial charge in [0.2, 0.25) is 0 Å². The number of hydrogen-bond acceptors (Lipinski definition) is 2. The first-order valence-corrected chi connectivity index (χ1v) is 14.9. The van der Waals surface area contributed by atoms with Gasteiger partial charge in [0.15, 0.2) is 5.58 Å². The van der Waals surface area contributed by atoms with Crippen molar-refractivity contribution in [3.8, 4) is 39.3 Å². The van der Waals surface area contributed by atoms with Crippen LogP contribution in [0.3, 0.4) is 0 Å². The maximum Gasteiger partial charge on any atom is 0.160 e. The zero-order valence-electron chi connectivity index (χ0n) is 23.8. The average molecular weight is 563 g/mol. The minimum Gasteiger partial charge on any atom is -0.454 e. The van der Waals surface area contributed by atoms with Crippen molar-refractivity contribution in [2.75, 3.05) is 0 Å². The molecule has 9 aromatic rings. The SMILES string of the molecule is c1ccc(-c2cc(-c3ccc(-n4c5ccccc5c5ccc6c7ccccc7oc6c54)cc3)cc(-c3ccccc3)n2)cc1. The van der Waals surface area contributed by atoms with Crippen molar-refractivity contribution in [2.45, 2.75) is 0 Å². The van der Waals surface area contributed by atoms with E-state index in [9.17, 15) is 0 Å². The van der Waals surface area contributed by atoms with E-state index in [1.165, 1.54) is 10.8 Å². The molecule has 6 aromatic carbocycles. The zero-order chi connectivity index (χ0) is 29.0. The van der Waals surface area contributed by atoms with Crippen LogP contribution in [0, 0.1) is 0 Å². The predicted molar refractivity (Wildman–Crippen MR) is 182 cm³/mol. The molecule has 0 aliphatic carbocycles. The van der Waals surface area contributed by atoms with Crippen LogP contribution in [0.5, 0.6) is 0 Å². The Morgan fingerprint density at radius 2 is 1.02 bits per heavy atom. The van der Waals surface area contributed by atoms with Gasteiger partial charge in [-0.25, -0.2) is 4.98 Å². The highest BCUT2D eigenvalue weighted by molar-refractivity contribution is 6.21. The van der Waals surface area contributed by atoms with Crippen LogP contribution in [0.4, 0.5) is 0 Å². The number of rotatable bonds is 4. The Hall–Kier alpha value is -5.93. The lowest BCUT2D eigenvalue weighted by Crippen LogP contribution is -1.95. The van der Waals surface area contributed by atoms with E-state index < -0.39 is 0 Å². The van der Waals surface area contributed by atoms with E-state index in [-0.39, 0.29) is 0 Å². The van der Waals surface area contributed by atoms with Gasteiger partial charge in [0, 0.05) is 38.4 Å². The van der Waals surface area contributed by atoms with E-state index >= 15 is 0 Å². The van der Waals surface area contributed by atoms with Crippen LogP contribution < -0.4 is 0 Å². The van der Waals surface area contributed by atoms with Gasteiger partial charge in [0.25, 0.3) is 0 Å². The van der Waals surface area contributed by atoms with Crippen LogP contribution in [-0.4, -0.2) is 9.55 Å². The van der Waals surface area contributed by atoms with Crippen molar-refractivity contribution in [3.63, 3.8) is 0 Å². The summed E-state index contributed by atoms with van der Waals surface area (Å²) in [4.78, 5) is 5.06. The number of furan rings is 1. The van der Waals surface area contributed by atoms with Crippen LogP contribution in [0.25, 0.3) is 83.1 Å². The van der Waals surface area contributed by atoms with Gasteiger partial charge in [0.05, 0.1) is 22.4 Å². The van der Waals surface area contributed by atoms with Crippen LogP contribution in [-0.2, 0) is 0 Å². The number of hydrogen-bond donors (Lipinski definition) is 0. The third-order valence-corrected chi connectivity index (χ3v) is 8.60. The molecule has 9 rings (SSSR count). The standard InChI is InChI=1S/C41H26N2O/c1-3-11-28(12-4-1)36-25-30(26-37(42-36)29-13-5-2-6-14-29)27-19-21-31(22-20-27)43-38-17-9-7-15-32(38)34-23-24-35-33-16-8-10-18-39(33)44-41(35)40(34)43/h1-26H. The van der Waals surface area contributed by atoms with Gasteiger partial charge in [0.1, 0.15) is 5.58 Å². The van der Waals surface area contributed by atoms with Crippen molar-refractivity contribution in [1.29, 1.82) is 0 Å². The normalized spacial score (nSPS) is 11.6. The zero-order valence-corrected chi connectivity index (χ0v) is 23.8. The highest BCUT2D eigenvalue weighted by Gasteiger charge is 2.19. The molecule has 3 aromatic heterocycles. The Labute approximate surface area is 254 Å².